The maximum absolute atomic E-state index is 11.6. The van der Waals surface area contributed by atoms with Crippen LogP contribution in [0.2, 0.25) is 0 Å². The summed E-state index contributed by atoms with van der Waals surface area (Å²) in [7, 11) is -2.62. The molecule has 0 unspecified atom stereocenters. The molecule has 0 amide bonds. The number of hydrogen-bond donors (Lipinski definition) is 2. The summed E-state index contributed by atoms with van der Waals surface area (Å²) >= 11 is 0. The molecule has 7 nitrogen and oxygen atoms in total. The minimum Gasteiger partial charge on any atom is -0.480 e. The van der Waals surface area contributed by atoms with Crippen LogP contribution in [0.15, 0.2) is 0 Å². The Kier molecular flexibility index (Phi) is 4.10. The van der Waals surface area contributed by atoms with Gasteiger partial charge in [0, 0.05) is 0 Å². The molecule has 8 heteroatoms. The number of methoxy groups -OCH3 is 1. The molecular formula is C9H15NO6S. The smallest absolute Gasteiger partial charge is 0.324 e. The van der Waals surface area contributed by atoms with Crippen molar-refractivity contribution in [2.45, 2.75) is 31.2 Å². The zero-order valence-electron chi connectivity index (χ0n) is 9.43. The standard InChI is InChI=1S/C9H15NO6S/c1-16-7(11)3-6-17(14,15)10-9(8(12)13)4-2-5-9/h10H,2-6H2,1H3,(H,12,13). The number of carboxylic acids is 1. The van der Waals surface area contributed by atoms with Crippen molar-refractivity contribution in [3.05, 3.63) is 0 Å². The van der Waals surface area contributed by atoms with Gasteiger partial charge in [-0.05, 0) is 19.3 Å². The SMILES string of the molecule is COC(=O)CCS(=O)(=O)NC1(C(=O)O)CCC1. The number of nitrogens with one attached hydrogen (secondary N) is 1. The lowest BCUT2D eigenvalue weighted by Gasteiger charge is -2.37. The predicted octanol–water partition coefficient (Wildman–Crippen LogP) is -0.524. The minimum absolute atomic E-state index is 0.278. The molecule has 1 fully saturated rings. The third-order valence-corrected chi connectivity index (χ3v) is 4.21. The first kappa shape index (κ1) is 13.9. The highest BCUT2D eigenvalue weighted by Gasteiger charge is 2.47. The Bertz CT molecular complexity index is 411. The van der Waals surface area contributed by atoms with Crippen LogP contribution in [0.3, 0.4) is 0 Å². The third kappa shape index (κ3) is 3.40. The van der Waals surface area contributed by atoms with E-state index in [4.69, 9.17) is 5.11 Å². The van der Waals surface area contributed by atoms with E-state index < -0.39 is 33.3 Å². The van der Waals surface area contributed by atoms with E-state index in [0.29, 0.717) is 6.42 Å². The molecule has 0 aromatic carbocycles. The molecule has 1 rings (SSSR count). The van der Waals surface area contributed by atoms with Crippen LogP contribution in [0, 0.1) is 0 Å². The van der Waals surface area contributed by atoms with E-state index in [9.17, 15) is 18.0 Å². The van der Waals surface area contributed by atoms with Gasteiger partial charge >= 0.3 is 11.9 Å². The summed E-state index contributed by atoms with van der Waals surface area (Å²) in [6, 6.07) is 0. The molecular weight excluding hydrogens is 250 g/mol. The van der Waals surface area contributed by atoms with Gasteiger partial charge in [-0.25, -0.2) is 8.42 Å². The van der Waals surface area contributed by atoms with Crippen LogP contribution in [0.25, 0.3) is 0 Å². The van der Waals surface area contributed by atoms with Crippen LogP contribution in [0.4, 0.5) is 0 Å². The van der Waals surface area contributed by atoms with Gasteiger partial charge in [0.2, 0.25) is 10.0 Å². The number of carbonyl (C=O) groups excluding carboxylic acids is 1. The minimum atomic E-state index is -3.78. The molecule has 0 aromatic rings. The maximum Gasteiger partial charge on any atom is 0.324 e. The van der Waals surface area contributed by atoms with Crippen molar-refractivity contribution in [3.63, 3.8) is 0 Å². The van der Waals surface area contributed by atoms with Gasteiger partial charge in [-0.3, -0.25) is 9.59 Å². The second kappa shape index (κ2) is 5.01. The Hall–Kier alpha value is -1.15. The summed E-state index contributed by atoms with van der Waals surface area (Å²) in [5.41, 5.74) is -1.38. The number of carboxylic acid groups (broad SMARTS) is 1. The Morgan fingerprint density at radius 3 is 2.35 bits per heavy atom. The zero-order chi connectivity index (χ0) is 13.1. The van der Waals surface area contributed by atoms with Crippen molar-refractivity contribution in [2.24, 2.45) is 0 Å². The Balaban J connectivity index is 2.60. The lowest BCUT2D eigenvalue weighted by molar-refractivity contribution is -0.147. The molecule has 0 bridgehead atoms. The first-order valence-electron chi connectivity index (χ1n) is 5.13. The Labute approximate surface area is 99.2 Å². The van der Waals surface area contributed by atoms with Gasteiger partial charge in [0.15, 0.2) is 0 Å². The molecule has 1 aliphatic rings. The van der Waals surface area contributed by atoms with Crippen molar-refractivity contribution in [2.75, 3.05) is 12.9 Å². The summed E-state index contributed by atoms with van der Waals surface area (Å²) in [6.45, 7) is 0. The number of esters is 1. The van der Waals surface area contributed by atoms with Gasteiger partial charge in [-0.15, -0.1) is 0 Å². The van der Waals surface area contributed by atoms with Crippen LogP contribution >= 0.6 is 0 Å². The molecule has 2 N–H and O–H groups in total. The Morgan fingerprint density at radius 1 is 1.41 bits per heavy atom. The molecule has 0 aliphatic heterocycles. The van der Waals surface area contributed by atoms with E-state index in [1.807, 2.05) is 0 Å². The van der Waals surface area contributed by atoms with Crippen LogP contribution < -0.4 is 4.72 Å². The first-order valence-corrected chi connectivity index (χ1v) is 6.78. The normalized spacial score (nSPS) is 18.2. The van der Waals surface area contributed by atoms with Gasteiger partial charge in [-0.1, -0.05) is 0 Å². The fourth-order valence-electron chi connectivity index (χ4n) is 1.56. The quantitative estimate of drug-likeness (QED) is 0.625. The fourth-order valence-corrected chi connectivity index (χ4v) is 2.98. The van der Waals surface area contributed by atoms with Crippen molar-refractivity contribution in [1.29, 1.82) is 0 Å². The second-order valence-electron chi connectivity index (χ2n) is 3.99. The molecule has 0 radical (unpaired) electrons. The molecule has 0 saturated heterocycles. The van der Waals surface area contributed by atoms with Gasteiger partial charge < -0.3 is 9.84 Å². The molecule has 0 aromatic heterocycles. The average Bonchev–Trinajstić information content (AvgIpc) is 2.20. The third-order valence-electron chi connectivity index (χ3n) is 2.77. The van der Waals surface area contributed by atoms with Crippen molar-refractivity contribution >= 4 is 22.0 Å². The first-order chi connectivity index (χ1) is 7.81. The van der Waals surface area contributed by atoms with Crippen molar-refractivity contribution in [3.8, 4) is 0 Å². The lowest BCUT2D eigenvalue weighted by Crippen LogP contribution is -2.59. The van der Waals surface area contributed by atoms with Crippen molar-refractivity contribution < 1.29 is 27.9 Å². The highest BCUT2D eigenvalue weighted by Crippen LogP contribution is 2.32. The van der Waals surface area contributed by atoms with Crippen LogP contribution in [0.5, 0.6) is 0 Å². The predicted molar refractivity (Wildman–Crippen MR) is 57.8 cm³/mol. The van der Waals surface area contributed by atoms with E-state index in [-0.39, 0.29) is 19.3 Å². The summed E-state index contributed by atoms with van der Waals surface area (Å²) in [5.74, 6) is -2.28. The van der Waals surface area contributed by atoms with Crippen molar-refractivity contribution in [1.82, 2.24) is 4.72 Å². The largest absolute Gasteiger partial charge is 0.480 e. The monoisotopic (exact) mass is 265 g/mol. The van der Waals surface area contributed by atoms with E-state index in [1.165, 1.54) is 0 Å². The van der Waals surface area contributed by atoms with Gasteiger partial charge in [0.25, 0.3) is 0 Å². The maximum atomic E-state index is 11.6. The van der Waals surface area contributed by atoms with Crippen LogP contribution in [0.1, 0.15) is 25.7 Å². The van der Waals surface area contributed by atoms with E-state index in [1.54, 1.807) is 0 Å². The molecule has 0 spiro atoms. The number of carbonyl (C=O) groups is 2. The number of rotatable bonds is 6. The molecule has 1 aliphatic carbocycles. The second-order valence-corrected chi connectivity index (χ2v) is 5.83. The molecule has 17 heavy (non-hydrogen) atoms. The van der Waals surface area contributed by atoms with Gasteiger partial charge in [0.05, 0.1) is 19.3 Å². The molecule has 98 valence electrons. The van der Waals surface area contributed by atoms with E-state index in [0.717, 1.165) is 7.11 Å². The summed E-state index contributed by atoms with van der Waals surface area (Å²) in [4.78, 5) is 21.8. The highest BCUT2D eigenvalue weighted by molar-refractivity contribution is 7.89. The average molecular weight is 265 g/mol. The van der Waals surface area contributed by atoms with Crippen LogP contribution in [-0.2, 0) is 24.3 Å². The number of sulfonamides is 1. The summed E-state index contributed by atoms with van der Waals surface area (Å²) in [6.07, 6.45) is 0.937. The van der Waals surface area contributed by atoms with Crippen LogP contribution in [-0.4, -0.2) is 43.9 Å². The lowest BCUT2D eigenvalue weighted by atomic mass is 9.78. The number of aliphatic carboxylic acids is 1. The number of hydrogen-bond acceptors (Lipinski definition) is 5. The molecule has 0 atom stereocenters. The highest BCUT2D eigenvalue weighted by atomic mass is 32.2. The zero-order valence-corrected chi connectivity index (χ0v) is 10.2. The molecule has 1 saturated carbocycles. The topological polar surface area (TPSA) is 110 Å². The summed E-state index contributed by atoms with van der Waals surface area (Å²) in [5, 5.41) is 8.95. The number of ether oxygens (including phenoxy) is 1. The molecule has 0 heterocycles. The van der Waals surface area contributed by atoms with Gasteiger partial charge in [0.1, 0.15) is 5.54 Å². The summed E-state index contributed by atoms with van der Waals surface area (Å²) < 4.78 is 29.6. The van der Waals surface area contributed by atoms with E-state index >= 15 is 0 Å². The Morgan fingerprint density at radius 2 is 2.00 bits per heavy atom. The van der Waals surface area contributed by atoms with Gasteiger partial charge in [-0.2, -0.15) is 4.72 Å². The van der Waals surface area contributed by atoms with E-state index in [2.05, 4.69) is 9.46 Å². The fraction of sp³-hybridized carbons (Fsp3) is 0.778.